The highest BCUT2D eigenvalue weighted by Crippen LogP contribution is 2.37. The molecule has 0 aromatic carbocycles. The highest BCUT2D eigenvalue weighted by molar-refractivity contribution is 5.30. The fourth-order valence-electron chi connectivity index (χ4n) is 2.85. The van der Waals surface area contributed by atoms with Crippen molar-refractivity contribution in [1.29, 1.82) is 0 Å². The van der Waals surface area contributed by atoms with Gasteiger partial charge in [0.2, 0.25) is 0 Å². The Balaban J connectivity index is 1.58. The van der Waals surface area contributed by atoms with E-state index in [2.05, 4.69) is 16.9 Å². The number of hydrogen-bond acceptors (Lipinski definition) is 3. The van der Waals surface area contributed by atoms with Crippen LogP contribution < -0.4 is 5.73 Å². The predicted octanol–water partition coefficient (Wildman–Crippen LogP) is 1.51. The van der Waals surface area contributed by atoms with Crippen molar-refractivity contribution in [2.45, 2.75) is 38.3 Å². The van der Waals surface area contributed by atoms with Crippen LogP contribution in [0.3, 0.4) is 0 Å². The van der Waals surface area contributed by atoms with Gasteiger partial charge < -0.3 is 5.73 Å². The van der Waals surface area contributed by atoms with Crippen LogP contribution in [0.4, 0.5) is 5.69 Å². The van der Waals surface area contributed by atoms with Crippen LogP contribution in [0.15, 0.2) is 12.4 Å². The molecule has 1 aromatic rings. The van der Waals surface area contributed by atoms with E-state index in [9.17, 15) is 0 Å². The Bertz CT molecular complexity index is 365. The third kappa shape index (κ3) is 1.82. The van der Waals surface area contributed by atoms with E-state index in [1.165, 1.54) is 32.4 Å². The van der Waals surface area contributed by atoms with Crippen molar-refractivity contribution in [2.24, 2.45) is 5.92 Å². The summed E-state index contributed by atoms with van der Waals surface area (Å²) in [6, 6.07) is 1.44. The van der Waals surface area contributed by atoms with E-state index in [0.717, 1.165) is 17.6 Å². The third-order valence-electron chi connectivity index (χ3n) is 4.03. The van der Waals surface area contributed by atoms with Crippen LogP contribution in [0.5, 0.6) is 0 Å². The standard InChI is InChI=1S/C12H20N4/c1-9-6-12(9)15-4-2-11(3-5-15)16-8-10(13)7-14-16/h7-9,11-12H,2-6,13H2,1H3. The normalized spacial score (nSPS) is 31.8. The molecule has 88 valence electrons. The molecule has 3 rings (SSSR count). The zero-order valence-electron chi connectivity index (χ0n) is 9.84. The average molecular weight is 220 g/mol. The van der Waals surface area contributed by atoms with Crippen LogP contribution >= 0.6 is 0 Å². The van der Waals surface area contributed by atoms with E-state index in [1.807, 2.05) is 10.9 Å². The SMILES string of the molecule is CC1CC1N1CCC(n2cc(N)cn2)CC1. The van der Waals surface area contributed by atoms with Gasteiger partial charge in [-0.05, 0) is 25.2 Å². The van der Waals surface area contributed by atoms with E-state index < -0.39 is 0 Å². The van der Waals surface area contributed by atoms with E-state index in [-0.39, 0.29) is 0 Å². The fourth-order valence-corrected chi connectivity index (χ4v) is 2.85. The maximum atomic E-state index is 5.70. The molecule has 2 aliphatic rings. The molecular weight excluding hydrogens is 200 g/mol. The molecule has 2 fully saturated rings. The van der Waals surface area contributed by atoms with Gasteiger partial charge in [-0.15, -0.1) is 0 Å². The first-order valence-corrected chi connectivity index (χ1v) is 6.27. The summed E-state index contributed by atoms with van der Waals surface area (Å²) in [6.45, 7) is 4.80. The Labute approximate surface area is 96.4 Å². The number of piperidine rings is 1. The lowest BCUT2D eigenvalue weighted by Gasteiger charge is -2.32. The number of aromatic nitrogens is 2. The largest absolute Gasteiger partial charge is 0.396 e. The molecule has 1 saturated carbocycles. The molecule has 4 heteroatoms. The second-order valence-corrected chi connectivity index (χ2v) is 5.30. The first kappa shape index (κ1) is 10.1. The highest BCUT2D eigenvalue weighted by atomic mass is 15.3. The van der Waals surface area contributed by atoms with Gasteiger partial charge in [0, 0.05) is 25.3 Å². The van der Waals surface area contributed by atoms with Gasteiger partial charge in [0.05, 0.1) is 17.9 Å². The van der Waals surface area contributed by atoms with E-state index in [4.69, 9.17) is 5.73 Å². The Morgan fingerprint density at radius 1 is 1.38 bits per heavy atom. The molecule has 0 bridgehead atoms. The fraction of sp³-hybridized carbons (Fsp3) is 0.750. The lowest BCUT2D eigenvalue weighted by molar-refractivity contribution is 0.167. The van der Waals surface area contributed by atoms with Crippen molar-refractivity contribution >= 4 is 5.69 Å². The summed E-state index contributed by atoms with van der Waals surface area (Å²) < 4.78 is 2.04. The van der Waals surface area contributed by atoms with Gasteiger partial charge in [0.15, 0.2) is 0 Å². The topological polar surface area (TPSA) is 47.1 Å². The summed E-state index contributed by atoms with van der Waals surface area (Å²) in [5, 5.41) is 4.31. The molecule has 1 aliphatic carbocycles. The van der Waals surface area contributed by atoms with E-state index in [0.29, 0.717) is 6.04 Å². The van der Waals surface area contributed by atoms with Crippen molar-refractivity contribution in [3.63, 3.8) is 0 Å². The molecule has 0 amide bonds. The van der Waals surface area contributed by atoms with Crippen LogP contribution in [0.2, 0.25) is 0 Å². The Morgan fingerprint density at radius 2 is 2.06 bits per heavy atom. The summed E-state index contributed by atoms with van der Waals surface area (Å²) in [4.78, 5) is 2.65. The molecule has 0 radical (unpaired) electrons. The molecule has 1 saturated heterocycles. The van der Waals surface area contributed by atoms with Gasteiger partial charge in [0.1, 0.15) is 0 Å². The maximum absolute atomic E-state index is 5.70. The van der Waals surface area contributed by atoms with Gasteiger partial charge in [-0.25, -0.2) is 0 Å². The van der Waals surface area contributed by atoms with E-state index >= 15 is 0 Å². The van der Waals surface area contributed by atoms with Gasteiger partial charge in [-0.2, -0.15) is 5.10 Å². The number of anilines is 1. The molecule has 16 heavy (non-hydrogen) atoms. The van der Waals surface area contributed by atoms with Gasteiger partial charge in [-0.1, -0.05) is 6.92 Å². The Morgan fingerprint density at radius 3 is 2.56 bits per heavy atom. The molecule has 1 aliphatic heterocycles. The number of hydrogen-bond donors (Lipinski definition) is 1. The van der Waals surface area contributed by atoms with Crippen molar-refractivity contribution < 1.29 is 0 Å². The number of nitrogens with zero attached hydrogens (tertiary/aromatic N) is 3. The lowest BCUT2D eigenvalue weighted by atomic mass is 10.1. The zero-order valence-corrected chi connectivity index (χ0v) is 9.84. The van der Waals surface area contributed by atoms with Crippen molar-refractivity contribution in [3.8, 4) is 0 Å². The lowest BCUT2D eigenvalue weighted by Crippen LogP contribution is -2.36. The Hall–Kier alpha value is -1.03. The molecule has 2 N–H and O–H groups in total. The van der Waals surface area contributed by atoms with Crippen LogP contribution in [-0.2, 0) is 0 Å². The predicted molar refractivity (Wildman–Crippen MR) is 64.1 cm³/mol. The quantitative estimate of drug-likeness (QED) is 0.822. The molecule has 0 spiro atoms. The number of nitrogens with two attached hydrogens (primary N) is 1. The first-order valence-electron chi connectivity index (χ1n) is 6.27. The molecule has 2 heterocycles. The molecule has 1 aromatic heterocycles. The minimum atomic E-state index is 0.558. The molecular formula is C12H20N4. The zero-order chi connectivity index (χ0) is 11.1. The average Bonchev–Trinajstić information content (AvgIpc) is 2.86. The van der Waals surface area contributed by atoms with Crippen LogP contribution in [0, 0.1) is 5.92 Å². The maximum Gasteiger partial charge on any atom is 0.0719 e. The number of likely N-dealkylation sites (tertiary alicyclic amines) is 1. The van der Waals surface area contributed by atoms with Crippen molar-refractivity contribution in [3.05, 3.63) is 12.4 Å². The van der Waals surface area contributed by atoms with Crippen molar-refractivity contribution in [2.75, 3.05) is 18.8 Å². The monoisotopic (exact) mass is 220 g/mol. The summed E-state index contributed by atoms with van der Waals surface area (Å²) in [7, 11) is 0. The summed E-state index contributed by atoms with van der Waals surface area (Å²) in [5.74, 6) is 0.928. The molecule has 4 nitrogen and oxygen atoms in total. The van der Waals surface area contributed by atoms with Crippen molar-refractivity contribution in [1.82, 2.24) is 14.7 Å². The van der Waals surface area contributed by atoms with Gasteiger partial charge in [-0.3, -0.25) is 9.58 Å². The van der Waals surface area contributed by atoms with Gasteiger partial charge >= 0.3 is 0 Å². The smallest absolute Gasteiger partial charge is 0.0719 e. The second-order valence-electron chi connectivity index (χ2n) is 5.30. The highest BCUT2D eigenvalue weighted by Gasteiger charge is 2.39. The second kappa shape index (κ2) is 3.77. The summed E-state index contributed by atoms with van der Waals surface area (Å²) >= 11 is 0. The van der Waals surface area contributed by atoms with Gasteiger partial charge in [0.25, 0.3) is 0 Å². The van der Waals surface area contributed by atoms with Crippen LogP contribution in [-0.4, -0.2) is 33.8 Å². The summed E-state index contributed by atoms with van der Waals surface area (Å²) in [6.07, 6.45) is 7.53. The molecule has 2 unspecified atom stereocenters. The van der Waals surface area contributed by atoms with Crippen LogP contribution in [0.25, 0.3) is 0 Å². The minimum Gasteiger partial charge on any atom is -0.396 e. The number of nitrogen functional groups attached to an aromatic ring is 1. The minimum absolute atomic E-state index is 0.558. The Kier molecular flexibility index (Phi) is 2.39. The van der Waals surface area contributed by atoms with E-state index in [1.54, 1.807) is 6.20 Å². The first-order chi connectivity index (χ1) is 7.74. The summed E-state index contributed by atoms with van der Waals surface area (Å²) in [5.41, 5.74) is 6.47. The van der Waals surface area contributed by atoms with Crippen LogP contribution in [0.1, 0.15) is 32.2 Å². The third-order valence-corrected chi connectivity index (χ3v) is 4.03. The number of rotatable bonds is 2. The molecule has 2 atom stereocenters.